The molecule has 1 aromatic heterocycles. The third-order valence-corrected chi connectivity index (χ3v) is 3.31. The van der Waals surface area contributed by atoms with E-state index in [1.807, 2.05) is 4.72 Å². The summed E-state index contributed by atoms with van der Waals surface area (Å²) in [6.45, 7) is 0.0900. The normalized spacial score (nSPS) is 18.0. The highest BCUT2D eigenvalue weighted by Gasteiger charge is 2.27. The molecule has 1 aliphatic heterocycles. The standard InChI is InChI=1S/C8H10N4O3S/c9-7-2-1-6(3-10-7)4-12-5-8(13)11-16(12,14)15/h1-3,5,11,13H,4H2,(H2,9,10). The van der Waals surface area contributed by atoms with E-state index in [-0.39, 0.29) is 6.54 Å². The molecule has 8 heteroatoms. The van der Waals surface area contributed by atoms with Crippen LogP contribution in [0.1, 0.15) is 5.56 Å². The summed E-state index contributed by atoms with van der Waals surface area (Å²) >= 11 is 0. The molecule has 1 aromatic rings. The second-order valence-corrected chi connectivity index (χ2v) is 4.88. The van der Waals surface area contributed by atoms with E-state index in [1.54, 1.807) is 12.1 Å². The summed E-state index contributed by atoms with van der Waals surface area (Å²) in [5, 5.41) is 9.05. The maximum atomic E-state index is 11.4. The SMILES string of the molecule is Nc1ccc(CN2C=C(O)NS2(=O)=O)cn1. The van der Waals surface area contributed by atoms with Crippen molar-refractivity contribution in [1.29, 1.82) is 0 Å². The minimum atomic E-state index is -3.66. The van der Waals surface area contributed by atoms with Gasteiger partial charge < -0.3 is 10.8 Å². The number of hydrogen-bond donors (Lipinski definition) is 3. The molecule has 0 aromatic carbocycles. The molecule has 7 nitrogen and oxygen atoms in total. The number of anilines is 1. The van der Waals surface area contributed by atoms with Crippen LogP contribution in [0.2, 0.25) is 0 Å². The smallest absolute Gasteiger partial charge is 0.326 e. The van der Waals surface area contributed by atoms with Gasteiger partial charge in [-0.15, -0.1) is 0 Å². The number of rotatable bonds is 2. The molecule has 0 fully saturated rings. The maximum absolute atomic E-state index is 11.4. The van der Waals surface area contributed by atoms with Gasteiger partial charge in [0.15, 0.2) is 0 Å². The maximum Gasteiger partial charge on any atom is 0.326 e. The van der Waals surface area contributed by atoms with Gasteiger partial charge >= 0.3 is 10.2 Å². The molecule has 2 rings (SSSR count). The van der Waals surface area contributed by atoms with Crippen molar-refractivity contribution in [1.82, 2.24) is 14.0 Å². The molecule has 16 heavy (non-hydrogen) atoms. The van der Waals surface area contributed by atoms with Crippen molar-refractivity contribution < 1.29 is 13.5 Å². The number of aliphatic hydroxyl groups is 1. The molecular formula is C8H10N4O3S. The Kier molecular flexibility index (Phi) is 2.35. The predicted molar refractivity (Wildman–Crippen MR) is 57.0 cm³/mol. The van der Waals surface area contributed by atoms with Crippen molar-refractivity contribution in [3.05, 3.63) is 36.0 Å². The van der Waals surface area contributed by atoms with Gasteiger partial charge in [-0.25, -0.2) is 9.71 Å². The Morgan fingerprint density at radius 1 is 1.50 bits per heavy atom. The molecule has 1 aliphatic rings. The third kappa shape index (κ3) is 2.01. The largest absolute Gasteiger partial charge is 0.493 e. The lowest BCUT2D eigenvalue weighted by atomic mass is 10.3. The van der Waals surface area contributed by atoms with E-state index in [1.165, 1.54) is 6.20 Å². The van der Waals surface area contributed by atoms with Crippen LogP contribution in [0.3, 0.4) is 0 Å². The number of pyridine rings is 1. The Labute approximate surface area is 92.4 Å². The van der Waals surface area contributed by atoms with Gasteiger partial charge in [0.25, 0.3) is 0 Å². The molecule has 4 N–H and O–H groups in total. The minimum Gasteiger partial charge on any atom is -0.493 e. The Morgan fingerprint density at radius 3 is 2.75 bits per heavy atom. The summed E-state index contributed by atoms with van der Waals surface area (Å²) in [6.07, 6.45) is 2.58. The quantitative estimate of drug-likeness (QED) is 0.658. The van der Waals surface area contributed by atoms with Crippen molar-refractivity contribution >= 4 is 16.0 Å². The lowest BCUT2D eigenvalue weighted by Gasteiger charge is -2.13. The Hall–Kier alpha value is -1.96. The molecule has 0 aliphatic carbocycles. The summed E-state index contributed by atoms with van der Waals surface area (Å²) in [4.78, 5) is 3.84. The van der Waals surface area contributed by atoms with Gasteiger partial charge in [0, 0.05) is 6.20 Å². The van der Waals surface area contributed by atoms with Gasteiger partial charge in [-0.1, -0.05) is 6.07 Å². The minimum absolute atomic E-state index is 0.0900. The average molecular weight is 242 g/mol. The number of hydrogen-bond acceptors (Lipinski definition) is 5. The van der Waals surface area contributed by atoms with Crippen LogP contribution >= 0.6 is 0 Å². The van der Waals surface area contributed by atoms with Crippen LogP contribution in [-0.2, 0) is 16.8 Å². The number of nitrogens with zero attached hydrogens (tertiary/aromatic N) is 2. The van der Waals surface area contributed by atoms with Gasteiger partial charge in [-0.05, 0) is 11.6 Å². The number of aliphatic hydroxyl groups excluding tert-OH is 1. The lowest BCUT2D eigenvalue weighted by Crippen LogP contribution is -2.29. The third-order valence-electron chi connectivity index (χ3n) is 1.99. The van der Waals surface area contributed by atoms with Crippen LogP contribution in [0.5, 0.6) is 0 Å². The fourth-order valence-electron chi connectivity index (χ4n) is 1.26. The molecule has 2 heterocycles. The van der Waals surface area contributed by atoms with E-state index in [0.29, 0.717) is 11.4 Å². The van der Waals surface area contributed by atoms with Crippen molar-refractivity contribution in [2.45, 2.75) is 6.54 Å². The first-order valence-corrected chi connectivity index (χ1v) is 5.82. The van der Waals surface area contributed by atoms with E-state index < -0.39 is 16.1 Å². The molecule has 0 spiro atoms. The molecule has 0 bridgehead atoms. The molecule has 0 radical (unpaired) electrons. The van der Waals surface area contributed by atoms with E-state index in [0.717, 1.165) is 10.5 Å². The van der Waals surface area contributed by atoms with Gasteiger partial charge in [-0.3, -0.25) is 4.31 Å². The van der Waals surface area contributed by atoms with Crippen molar-refractivity contribution in [3.8, 4) is 0 Å². The van der Waals surface area contributed by atoms with Crippen LogP contribution < -0.4 is 10.5 Å². The van der Waals surface area contributed by atoms with Crippen LogP contribution in [0, 0.1) is 0 Å². The Bertz CT molecular complexity index is 523. The van der Waals surface area contributed by atoms with Crippen molar-refractivity contribution in [2.24, 2.45) is 0 Å². The summed E-state index contributed by atoms with van der Waals surface area (Å²) in [5.41, 5.74) is 6.07. The number of nitrogens with one attached hydrogen (secondary N) is 1. The Balaban J connectivity index is 2.19. The summed E-state index contributed by atoms with van der Waals surface area (Å²) < 4.78 is 25.7. The highest BCUT2D eigenvalue weighted by molar-refractivity contribution is 7.87. The van der Waals surface area contributed by atoms with E-state index in [9.17, 15) is 8.42 Å². The topological polar surface area (TPSA) is 109 Å². The fraction of sp³-hybridized carbons (Fsp3) is 0.125. The molecule has 0 atom stereocenters. The van der Waals surface area contributed by atoms with Crippen molar-refractivity contribution in [3.63, 3.8) is 0 Å². The molecule has 0 saturated heterocycles. The first-order chi connectivity index (χ1) is 7.47. The first kappa shape index (κ1) is 10.6. The van der Waals surface area contributed by atoms with Crippen LogP contribution in [-0.4, -0.2) is 22.8 Å². The number of nitrogens with two attached hydrogens (primary N) is 1. The summed E-state index contributed by atoms with van der Waals surface area (Å²) in [6, 6.07) is 3.25. The van der Waals surface area contributed by atoms with Crippen molar-refractivity contribution in [2.75, 3.05) is 5.73 Å². The zero-order chi connectivity index (χ0) is 11.8. The second-order valence-electron chi connectivity index (χ2n) is 3.26. The molecular weight excluding hydrogens is 232 g/mol. The lowest BCUT2D eigenvalue weighted by molar-refractivity contribution is 0.390. The Morgan fingerprint density at radius 2 is 2.25 bits per heavy atom. The number of aromatic nitrogens is 1. The van der Waals surface area contributed by atoms with Crippen LogP contribution in [0.25, 0.3) is 0 Å². The molecule has 0 amide bonds. The van der Waals surface area contributed by atoms with E-state index in [4.69, 9.17) is 10.8 Å². The molecule has 86 valence electrons. The fourth-order valence-corrected chi connectivity index (χ4v) is 2.25. The van der Waals surface area contributed by atoms with E-state index in [2.05, 4.69) is 4.98 Å². The van der Waals surface area contributed by atoms with E-state index >= 15 is 0 Å². The first-order valence-electron chi connectivity index (χ1n) is 4.38. The monoisotopic (exact) mass is 242 g/mol. The summed E-state index contributed by atoms with van der Waals surface area (Å²) in [7, 11) is -3.66. The average Bonchev–Trinajstić information content (AvgIpc) is 2.43. The van der Waals surface area contributed by atoms with Gasteiger partial charge in [0.1, 0.15) is 5.82 Å². The van der Waals surface area contributed by atoms with Crippen LogP contribution in [0.15, 0.2) is 30.4 Å². The molecule has 0 unspecified atom stereocenters. The predicted octanol–water partition coefficient (Wildman–Crippen LogP) is -0.329. The second kappa shape index (κ2) is 3.56. The highest BCUT2D eigenvalue weighted by Crippen LogP contribution is 2.15. The van der Waals surface area contributed by atoms with Gasteiger partial charge in [-0.2, -0.15) is 8.42 Å². The summed E-state index contributed by atoms with van der Waals surface area (Å²) in [5.74, 6) is -0.0343. The zero-order valence-corrected chi connectivity index (χ0v) is 8.98. The van der Waals surface area contributed by atoms with Gasteiger partial charge in [0.2, 0.25) is 5.88 Å². The van der Waals surface area contributed by atoms with Gasteiger partial charge in [0.05, 0.1) is 12.7 Å². The highest BCUT2D eigenvalue weighted by atomic mass is 32.2. The zero-order valence-electron chi connectivity index (χ0n) is 8.16. The van der Waals surface area contributed by atoms with Crippen LogP contribution in [0.4, 0.5) is 5.82 Å². The molecule has 0 saturated carbocycles. The number of nitrogen functional groups attached to an aromatic ring is 1.